The number of anilines is 1. The smallest absolute Gasteiger partial charge is 0.297 e. The molecule has 2 heterocycles. The number of rotatable bonds is 6. The van der Waals surface area contributed by atoms with Gasteiger partial charge in [0.2, 0.25) is 11.6 Å². The molecule has 0 aliphatic heterocycles. The number of para-hydroxylation sites is 4. The standard InChI is InChI=1S/C26H23N5O3/c1-3-34-22-11-7-4-8-19(22)27-23(32)16-30-20-9-5-6-10-21(20)31-24(28-29-25(31)26(30)33)18-14-12-17(2)13-15-18/h4-15H,3,16H2,1-2H3,(H,27,32). The van der Waals surface area contributed by atoms with E-state index < -0.39 is 5.56 Å². The minimum atomic E-state index is -0.391. The third-order valence-corrected chi connectivity index (χ3v) is 5.59. The van der Waals surface area contributed by atoms with Crippen molar-refractivity contribution in [2.45, 2.75) is 20.4 Å². The zero-order chi connectivity index (χ0) is 23.7. The van der Waals surface area contributed by atoms with Crippen molar-refractivity contribution in [2.75, 3.05) is 11.9 Å². The van der Waals surface area contributed by atoms with Gasteiger partial charge in [0.25, 0.3) is 5.56 Å². The summed E-state index contributed by atoms with van der Waals surface area (Å²) in [7, 11) is 0. The Kier molecular flexibility index (Phi) is 5.55. The van der Waals surface area contributed by atoms with Crippen LogP contribution in [0.5, 0.6) is 5.75 Å². The van der Waals surface area contributed by atoms with E-state index in [1.165, 1.54) is 4.57 Å². The van der Waals surface area contributed by atoms with E-state index in [-0.39, 0.29) is 18.1 Å². The molecule has 0 saturated heterocycles. The predicted octanol–water partition coefficient (Wildman–Crippen LogP) is 4.06. The minimum Gasteiger partial charge on any atom is -0.492 e. The van der Waals surface area contributed by atoms with Crippen molar-refractivity contribution < 1.29 is 9.53 Å². The van der Waals surface area contributed by atoms with E-state index in [1.54, 1.807) is 16.5 Å². The number of nitrogens with one attached hydrogen (secondary N) is 1. The van der Waals surface area contributed by atoms with Crippen LogP contribution in [-0.4, -0.2) is 31.7 Å². The molecule has 0 aliphatic rings. The fourth-order valence-corrected chi connectivity index (χ4v) is 3.99. The Bertz CT molecular complexity index is 1570. The normalized spacial score (nSPS) is 11.1. The van der Waals surface area contributed by atoms with E-state index in [0.29, 0.717) is 29.4 Å². The number of carbonyl (C=O) groups excluding carboxylic acids is 1. The molecule has 2 aromatic heterocycles. The van der Waals surface area contributed by atoms with Crippen LogP contribution in [0.2, 0.25) is 0 Å². The Morgan fingerprint density at radius 3 is 2.41 bits per heavy atom. The van der Waals surface area contributed by atoms with Crippen molar-refractivity contribution in [3.05, 3.63) is 88.7 Å². The zero-order valence-corrected chi connectivity index (χ0v) is 18.9. The summed E-state index contributed by atoms with van der Waals surface area (Å²) >= 11 is 0. The van der Waals surface area contributed by atoms with E-state index >= 15 is 0 Å². The van der Waals surface area contributed by atoms with Crippen LogP contribution in [0.25, 0.3) is 28.1 Å². The summed E-state index contributed by atoms with van der Waals surface area (Å²) in [5.41, 5.74) is 3.65. The lowest BCUT2D eigenvalue weighted by molar-refractivity contribution is -0.116. The highest BCUT2D eigenvalue weighted by Gasteiger charge is 2.19. The van der Waals surface area contributed by atoms with Gasteiger partial charge in [-0.3, -0.25) is 18.6 Å². The summed E-state index contributed by atoms with van der Waals surface area (Å²) < 4.78 is 8.77. The van der Waals surface area contributed by atoms with Crippen molar-refractivity contribution in [3.63, 3.8) is 0 Å². The van der Waals surface area contributed by atoms with E-state index in [9.17, 15) is 9.59 Å². The molecule has 170 valence electrons. The van der Waals surface area contributed by atoms with Gasteiger partial charge >= 0.3 is 0 Å². The van der Waals surface area contributed by atoms with Crippen molar-refractivity contribution in [2.24, 2.45) is 0 Å². The Hall–Kier alpha value is -4.46. The SMILES string of the molecule is CCOc1ccccc1NC(=O)Cn1c(=O)c2nnc(-c3ccc(C)cc3)n2c2ccccc21. The maximum Gasteiger partial charge on any atom is 0.297 e. The van der Waals surface area contributed by atoms with E-state index in [1.807, 2.05) is 74.5 Å². The lowest BCUT2D eigenvalue weighted by Crippen LogP contribution is -2.29. The highest BCUT2D eigenvalue weighted by molar-refractivity contribution is 5.93. The molecule has 0 bridgehead atoms. The molecule has 0 aliphatic carbocycles. The molecule has 1 amide bonds. The number of fused-ring (bicyclic) bond motifs is 3. The van der Waals surface area contributed by atoms with Gasteiger partial charge in [0.15, 0.2) is 5.82 Å². The van der Waals surface area contributed by atoms with Crippen LogP contribution < -0.4 is 15.6 Å². The molecule has 8 nitrogen and oxygen atoms in total. The Morgan fingerprint density at radius 1 is 0.941 bits per heavy atom. The molecule has 34 heavy (non-hydrogen) atoms. The van der Waals surface area contributed by atoms with Crippen LogP contribution in [0.1, 0.15) is 12.5 Å². The number of benzene rings is 3. The zero-order valence-electron chi connectivity index (χ0n) is 18.9. The Morgan fingerprint density at radius 2 is 1.65 bits per heavy atom. The van der Waals surface area contributed by atoms with Crippen LogP contribution in [0, 0.1) is 6.92 Å². The van der Waals surface area contributed by atoms with Gasteiger partial charge < -0.3 is 10.1 Å². The van der Waals surface area contributed by atoms with Crippen LogP contribution in [0.15, 0.2) is 77.6 Å². The molecule has 5 rings (SSSR count). The van der Waals surface area contributed by atoms with E-state index in [2.05, 4.69) is 15.5 Å². The van der Waals surface area contributed by atoms with Gasteiger partial charge in [0.05, 0.1) is 23.3 Å². The average Bonchev–Trinajstić information content (AvgIpc) is 3.29. The molecule has 0 unspecified atom stereocenters. The van der Waals surface area contributed by atoms with Crippen LogP contribution >= 0.6 is 0 Å². The molecule has 0 atom stereocenters. The van der Waals surface area contributed by atoms with Crippen molar-refractivity contribution in [1.82, 2.24) is 19.2 Å². The topological polar surface area (TPSA) is 90.5 Å². The number of aromatic nitrogens is 4. The molecule has 3 aromatic carbocycles. The molecule has 0 fully saturated rings. The average molecular weight is 454 g/mol. The first-order valence-electron chi connectivity index (χ1n) is 11.0. The molecule has 0 saturated carbocycles. The first-order valence-corrected chi connectivity index (χ1v) is 11.0. The number of ether oxygens (including phenoxy) is 1. The molecule has 5 aromatic rings. The van der Waals surface area contributed by atoms with Crippen molar-refractivity contribution in [1.29, 1.82) is 0 Å². The van der Waals surface area contributed by atoms with Crippen LogP contribution in [0.3, 0.4) is 0 Å². The third kappa shape index (κ3) is 3.79. The van der Waals surface area contributed by atoms with Crippen LogP contribution in [-0.2, 0) is 11.3 Å². The first-order chi connectivity index (χ1) is 16.6. The molecule has 0 spiro atoms. The minimum absolute atomic E-state index is 0.164. The van der Waals surface area contributed by atoms with Gasteiger partial charge in [-0.15, -0.1) is 10.2 Å². The molecular formula is C26H23N5O3. The second kappa shape index (κ2) is 8.82. The lowest BCUT2D eigenvalue weighted by Gasteiger charge is -2.14. The number of amides is 1. The second-order valence-electron chi connectivity index (χ2n) is 7.91. The molecule has 0 radical (unpaired) electrons. The monoisotopic (exact) mass is 453 g/mol. The second-order valence-corrected chi connectivity index (χ2v) is 7.91. The van der Waals surface area contributed by atoms with Gasteiger partial charge in [-0.05, 0) is 38.1 Å². The number of hydrogen-bond acceptors (Lipinski definition) is 5. The third-order valence-electron chi connectivity index (χ3n) is 5.59. The molecular weight excluding hydrogens is 430 g/mol. The maximum atomic E-state index is 13.4. The summed E-state index contributed by atoms with van der Waals surface area (Å²) in [5.74, 6) is 0.804. The molecule has 1 N–H and O–H groups in total. The van der Waals surface area contributed by atoms with Gasteiger partial charge in [-0.25, -0.2) is 0 Å². The Balaban J connectivity index is 1.59. The van der Waals surface area contributed by atoms with E-state index in [0.717, 1.165) is 16.6 Å². The quantitative estimate of drug-likeness (QED) is 0.419. The fourth-order valence-electron chi connectivity index (χ4n) is 3.99. The predicted molar refractivity (Wildman–Crippen MR) is 131 cm³/mol. The van der Waals surface area contributed by atoms with Gasteiger partial charge in [0, 0.05) is 5.56 Å². The number of nitrogens with zero attached hydrogens (tertiary/aromatic N) is 4. The number of hydrogen-bond donors (Lipinski definition) is 1. The highest BCUT2D eigenvalue weighted by Crippen LogP contribution is 2.25. The van der Waals surface area contributed by atoms with Gasteiger partial charge in [-0.1, -0.05) is 54.1 Å². The maximum absolute atomic E-state index is 13.4. The number of carbonyl (C=O) groups is 1. The molecule has 8 heteroatoms. The first kappa shape index (κ1) is 21.4. The van der Waals surface area contributed by atoms with E-state index in [4.69, 9.17) is 4.74 Å². The summed E-state index contributed by atoms with van der Waals surface area (Å²) in [6, 6.07) is 22.5. The summed E-state index contributed by atoms with van der Waals surface area (Å²) in [5, 5.41) is 11.3. The summed E-state index contributed by atoms with van der Waals surface area (Å²) in [4.78, 5) is 26.4. The van der Waals surface area contributed by atoms with Gasteiger partial charge in [0.1, 0.15) is 12.3 Å². The van der Waals surface area contributed by atoms with Crippen molar-refractivity contribution >= 4 is 28.3 Å². The Labute approximate surface area is 195 Å². The largest absolute Gasteiger partial charge is 0.492 e. The van der Waals surface area contributed by atoms with Crippen LogP contribution in [0.4, 0.5) is 5.69 Å². The van der Waals surface area contributed by atoms with Crippen molar-refractivity contribution in [3.8, 4) is 17.1 Å². The number of aryl methyl sites for hydroxylation is 1. The summed E-state index contributed by atoms with van der Waals surface area (Å²) in [6.45, 7) is 4.19. The summed E-state index contributed by atoms with van der Waals surface area (Å²) in [6.07, 6.45) is 0. The lowest BCUT2D eigenvalue weighted by atomic mass is 10.1. The highest BCUT2D eigenvalue weighted by atomic mass is 16.5. The van der Waals surface area contributed by atoms with Gasteiger partial charge in [-0.2, -0.15) is 0 Å². The fraction of sp³-hybridized carbons (Fsp3) is 0.154.